The van der Waals surface area contributed by atoms with Crippen LogP contribution in [-0.4, -0.2) is 63.1 Å². The zero-order valence-corrected chi connectivity index (χ0v) is 29.6. The maximum absolute atomic E-state index is 10.2. The summed E-state index contributed by atoms with van der Waals surface area (Å²) in [5.74, 6) is 5.24. The van der Waals surface area contributed by atoms with Crippen molar-refractivity contribution in [2.45, 2.75) is 63.2 Å². The quantitative estimate of drug-likeness (QED) is 0.177. The molecule has 9 rings (SSSR count). The molecule has 0 bridgehead atoms. The molecule has 0 atom stereocenters. The third-order valence-electron chi connectivity index (χ3n) is 10.1. The lowest BCUT2D eigenvalue weighted by atomic mass is 9.77. The highest BCUT2D eigenvalue weighted by molar-refractivity contribution is 5.66. The van der Waals surface area contributed by atoms with E-state index >= 15 is 0 Å². The lowest BCUT2D eigenvalue weighted by molar-refractivity contribution is 0.198. The zero-order valence-electron chi connectivity index (χ0n) is 29.6. The van der Waals surface area contributed by atoms with Crippen LogP contribution in [0, 0.1) is 0 Å². The van der Waals surface area contributed by atoms with Crippen molar-refractivity contribution in [1.82, 2.24) is 0 Å². The molecule has 0 unspecified atom stereocenters. The second kappa shape index (κ2) is 15.2. The molecule has 5 aliphatic heterocycles. The Labute approximate surface area is 300 Å². The molecule has 4 aromatic rings. The molecule has 0 radical (unpaired) electrons. The molecular weight excluding hydrogens is 648 g/mol. The first-order valence-corrected chi connectivity index (χ1v) is 18.3. The van der Waals surface area contributed by atoms with Crippen LogP contribution >= 0.6 is 0 Å². The molecule has 9 nitrogen and oxygen atoms in total. The standard InChI is InChI=1S/C23H28O4.C15H12O4.C4H8O/c1-3-5-13-24-17-9-7-11-19-21(17)23(15-26-19)16-27-20-12-8-10-18(22(20)23)25-14-6-4-2;16-9-3-1-5-11-13(9)15(7-18-11)8-19-12-6-2-4-10(17)14(12)15;1-2-4-5-3-1/h7-12H,3-6,13-16H2,1-2H3;1-6,16-17H,7-8H2;1-4H2. The van der Waals surface area contributed by atoms with E-state index in [1.54, 1.807) is 24.3 Å². The van der Waals surface area contributed by atoms with Crippen molar-refractivity contribution in [2.24, 2.45) is 0 Å². The smallest absolute Gasteiger partial charge is 0.127 e. The molecule has 0 saturated carbocycles. The first-order valence-electron chi connectivity index (χ1n) is 18.3. The molecule has 2 N–H and O–H groups in total. The maximum atomic E-state index is 10.2. The Bertz CT molecular complexity index is 1680. The van der Waals surface area contributed by atoms with Gasteiger partial charge in [-0.15, -0.1) is 0 Å². The van der Waals surface area contributed by atoms with Gasteiger partial charge in [0, 0.05) is 13.2 Å². The van der Waals surface area contributed by atoms with Crippen molar-refractivity contribution in [1.29, 1.82) is 0 Å². The van der Waals surface area contributed by atoms with Gasteiger partial charge < -0.3 is 43.4 Å². The fraction of sp³-hybridized carbons (Fsp3) is 0.429. The zero-order chi connectivity index (χ0) is 35.3. The Kier molecular flexibility index (Phi) is 10.4. The second-order valence-corrected chi connectivity index (χ2v) is 13.6. The Balaban J connectivity index is 0.000000146. The van der Waals surface area contributed by atoms with E-state index in [4.69, 9.17) is 33.2 Å². The summed E-state index contributed by atoms with van der Waals surface area (Å²) in [6.07, 6.45) is 6.85. The average Bonchev–Trinajstić information content (AvgIpc) is 4.00. The largest absolute Gasteiger partial charge is 0.507 e. The van der Waals surface area contributed by atoms with E-state index in [-0.39, 0.29) is 16.9 Å². The number of fused-ring (bicyclic) bond motifs is 8. The minimum atomic E-state index is -0.610. The van der Waals surface area contributed by atoms with E-state index in [1.807, 2.05) is 48.5 Å². The first kappa shape index (κ1) is 34.7. The normalized spacial score (nSPS) is 17.3. The van der Waals surface area contributed by atoms with Crippen molar-refractivity contribution in [3.63, 3.8) is 0 Å². The molecule has 51 heavy (non-hydrogen) atoms. The maximum Gasteiger partial charge on any atom is 0.127 e. The minimum absolute atomic E-state index is 0.176. The van der Waals surface area contributed by atoms with Gasteiger partial charge in [0.1, 0.15) is 83.3 Å². The van der Waals surface area contributed by atoms with Crippen LogP contribution in [0.4, 0.5) is 0 Å². The predicted octanol–water partition coefficient (Wildman–Crippen LogP) is 8.08. The molecule has 2 spiro atoms. The average molecular weight is 697 g/mol. The summed E-state index contributed by atoms with van der Waals surface area (Å²) >= 11 is 0. The molecular formula is C42H48O9. The SMILES string of the molecule is C1CCOC1.CCCCOc1cccc2c1C1(CO2)COc2cccc(OCCCC)c21.Oc1cccc2c1C1(CO2)COc2cccc(O)c21. The Morgan fingerprint density at radius 3 is 1.27 bits per heavy atom. The lowest BCUT2D eigenvalue weighted by Gasteiger charge is -2.25. The van der Waals surface area contributed by atoms with E-state index in [2.05, 4.69) is 13.8 Å². The predicted molar refractivity (Wildman–Crippen MR) is 193 cm³/mol. The fourth-order valence-corrected chi connectivity index (χ4v) is 7.57. The van der Waals surface area contributed by atoms with Gasteiger partial charge in [-0.2, -0.15) is 0 Å². The van der Waals surface area contributed by atoms with Crippen molar-refractivity contribution in [3.05, 3.63) is 95.1 Å². The number of hydrogen-bond acceptors (Lipinski definition) is 9. The number of hydrogen-bond donors (Lipinski definition) is 2. The van der Waals surface area contributed by atoms with Crippen LogP contribution in [0.2, 0.25) is 0 Å². The van der Waals surface area contributed by atoms with Gasteiger partial charge in [0.2, 0.25) is 0 Å². The van der Waals surface area contributed by atoms with Gasteiger partial charge in [-0.25, -0.2) is 0 Å². The van der Waals surface area contributed by atoms with Crippen LogP contribution in [0.5, 0.6) is 46.0 Å². The Morgan fingerprint density at radius 2 is 0.902 bits per heavy atom. The molecule has 4 aromatic carbocycles. The van der Waals surface area contributed by atoms with Gasteiger partial charge in [-0.3, -0.25) is 0 Å². The van der Waals surface area contributed by atoms with Crippen LogP contribution in [-0.2, 0) is 15.6 Å². The van der Waals surface area contributed by atoms with E-state index in [0.717, 1.165) is 73.0 Å². The minimum Gasteiger partial charge on any atom is -0.507 e. The van der Waals surface area contributed by atoms with Crippen molar-refractivity contribution < 1.29 is 43.4 Å². The van der Waals surface area contributed by atoms with Crippen molar-refractivity contribution >= 4 is 0 Å². The third kappa shape index (κ3) is 6.48. The molecule has 1 saturated heterocycles. The molecule has 270 valence electrons. The highest BCUT2D eigenvalue weighted by Crippen LogP contribution is 2.57. The van der Waals surface area contributed by atoms with Crippen LogP contribution in [0.15, 0.2) is 72.8 Å². The van der Waals surface area contributed by atoms with Crippen LogP contribution in [0.1, 0.15) is 74.6 Å². The second-order valence-electron chi connectivity index (χ2n) is 13.6. The molecule has 9 heteroatoms. The number of phenolic OH excluding ortho intramolecular Hbond substituents is 2. The molecule has 0 aliphatic carbocycles. The van der Waals surface area contributed by atoms with E-state index in [9.17, 15) is 10.2 Å². The lowest BCUT2D eigenvalue weighted by Crippen LogP contribution is -2.32. The number of rotatable bonds is 8. The highest BCUT2D eigenvalue weighted by Gasteiger charge is 2.53. The van der Waals surface area contributed by atoms with Gasteiger partial charge in [0.25, 0.3) is 0 Å². The Morgan fingerprint density at radius 1 is 0.529 bits per heavy atom. The molecule has 0 aromatic heterocycles. The summed E-state index contributed by atoms with van der Waals surface area (Å²) in [6.45, 7) is 9.61. The van der Waals surface area contributed by atoms with Gasteiger partial charge in [0.05, 0.1) is 35.5 Å². The van der Waals surface area contributed by atoms with Gasteiger partial charge in [-0.1, -0.05) is 51.0 Å². The van der Waals surface area contributed by atoms with E-state index in [0.29, 0.717) is 62.3 Å². The van der Waals surface area contributed by atoms with Gasteiger partial charge in [0.15, 0.2) is 0 Å². The fourth-order valence-electron chi connectivity index (χ4n) is 7.57. The summed E-state index contributed by atoms with van der Waals surface area (Å²) in [5, 5.41) is 20.3. The summed E-state index contributed by atoms with van der Waals surface area (Å²) in [5.41, 5.74) is 2.64. The topological polar surface area (TPSA) is 105 Å². The molecule has 5 heterocycles. The van der Waals surface area contributed by atoms with Crippen molar-refractivity contribution in [3.8, 4) is 46.0 Å². The molecule has 1 fully saturated rings. The summed E-state index contributed by atoms with van der Waals surface area (Å²) < 4.78 is 40.8. The highest BCUT2D eigenvalue weighted by atomic mass is 16.5. The number of ether oxygens (including phenoxy) is 7. The molecule has 0 amide bonds. The van der Waals surface area contributed by atoms with Crippen LogP contribution in [0.25, 0.3) is 0 Å². The van der Waals surface area contributed by atoms with E-state index < -0.39 is 5.41 Å². The number of aromatic hydroxyl groups is 2. The van der Waals surface area contributed by atoms with E-state index in [1.165, 1.54) is 12.8 Å². The summed E-state index contributed by atoms with van der Waals surface area (Å²) in [4.78, 5) is 0. The van der Waals surface area contributed by atoms with Crippen LogP contribution in [0.3, 0.4) is 0 Å². The number of phenols is 2. The van der Waals surface area contributed by atoms with Gasteiger partial charge in [-0.05, 0) is 74.2 Å². The molecule has 5 aliphatic rings. The Hall–Kier alpha value is -4.76. The van der Waals surface area contributed by atoms with Gasteiger partial charge >= 0.3 is 0 Å². The van der Waals surface area contributed by atoms with Crippen LogP contribution < -0.4 is 28.4 Å². The third-order valence-corrected chi connectivity index (χ3v) is 10.1. The summed E-state index contributed by atoms with van der Waals surface area (Å²) in [7, 11) is 0. The summed E-state index contributed by atoms with van der Waals surface area (Å²) in [6, 6.07) is 22.5. The van der Waals surface area contributed by atoms with Crippen molar-refractivity contribution in [2.75, 3.05) is 52.9 Å². The number of unbranched alkanes of at least 4 members (excludes halogenated alkanes) is 2. The monoisotopic (exact) mass is 696 g/mol. The first-order chi connectivity index (χ1) is 25.0. The number of benzene rings is 4.